The number of fused-ring (bicyclic) bond motifs is 2. The number of amides is 1. The molecule has 1 amide bonds. The molecule has 3 heteroatoms. The molecule has 1 heterocycles. The van der Waals surface area contributed by atoms with Crippen molar-refractivity contribution < 1.29 is 4.79 Å². The summed E-state index contributed by atoms with van der Waals surface area (Å²) in [6.45, 7) is 4.71. The van der Waals surface area contributed by atoms with Crippen LogP contribution >= 0.6 is 0 Å². The third-order valence-corrected chi connectivity index (χ3v) is 3.43. The largest absolute Gasteiger partial charge is 0.353 e. The molecule has 1 aliphatic heterocycles. The van der Waals surface area contributed by atoms with E-state index in [0.29, 0.717) is 6.54 Å². The van der Waals surface area contributed by atoms with E-state index in [9.17, 15) is 4.79 Å². The number of carbonyl (C=O) groups is 1. The summed E-state index contributed by atoms with van der Waals surface area (Å²) in [5, 5.41) is 3.38. The van der Waals surface area contributed by atoms with Gasteiger partial charge in [-0.25, -0.2) is 0 Å². The van der Waals surface area contributed by atoms with Crippen LogP contribution in [0.4, 0.5) is 17.1 Å². The molecule has 3 rings (SSSR count). The molecule has 1 aliphatic rings. The minimum Gasteiger partial charge on any atom is -0.353 e. The first-order valence-corrected chi connectivity index (χ1v) is 6.49. The normalized spacial score (nSPS) is 13.4. The Morgan fingerprint density at radius 2 is 1.89 bits per heavy atom. The minimum atomic E-state index is 0.0493. The SMILES string of the molecule is CCN1C(=O)c2ccccc2Nc2cc(C)ccc21. The average molecular weight is 252 g/mol. The summed E-state index contributed by atoms with van der Waals surface area (Å²) in [6, 6.07) is 13.8. The number of aryl methyl sites for hydroxylation is 1. The molecule has 0 radical (unpaired) electrons. The molecule has 1 N–H and O–H groups in total. The molecular formula is C16H16N2O. The van der Waals surface area contributed by atoms with Crippen molar-refractivity contribution in [1.29, 1.82) is 0 Å². The van der Waals surface area contributed by atoms with Gasteiger partial charge in [-0.15, -0.1) is 0 Å². The maximum absolute atomic E-state index is 12.6. The van der Waals surface area contributed by atoms with Crippen molar-refractivity contribution >= 4 is 23.0 Å². The number of benzene rings is 2. The first kappa shape index (κ1) is 11.8. The monoisotopic (exact) mass is 252 g/mol. The molecule has 2 aromatic carbocycles. The van der Waals surface area contributed by atoms with Crippen LogP contribution in [-0.2, 0) is 0 Å². The Balaban J connectivity index is 2.24. The van der Waals surface area contributed by atoms with Gasteiger partial charge in [0.05, 0.1) is 22.6 Å². The lowest BCUT2D eigenvalue weighted by molar-refractivity contribution is 0.0990. The Kier molecular flexibility index (Phi) is 2.75. The molecule has 0 bridgehead atoms. The molecule has 0 spiro atoms. The summed E-state index contributed by atoms with van der Waals surface area (Å²) in [7, 11) is 0. The highest BCUT2D eigenvalue weighted by Crippen LogP contribution is 2.35. The number of anilines is 3. The van der Waals surface area contributed by atoms with Gasteiger partial charge < -0.3 is 10.2 Å². The van der Waals surface area contributed by atoms with Crippen molar-refractivity contribution in [3.05, 3.63) is 53.6 Å². The lowest BCUT2D eigenvalue weighted by Gasteiger charge is -2.21. The second kappa shape index (κ2) is 4.43. The van der Waals surface area contributed by atoms with Crippen LogP contribution in [0.15, 0.2) is 42.5 Å². The molecule has 0 atom stereocenters. The Bertz CT molecular complexity index is 649. The van der Waals surface area contributed by atoms with Gasteiger partial charge in [0.25, 0.3) is 5.91 Å². The molecule has 0 aromatic heterocycles. The number of rotatable bonds is 1. The summed E-state index contributed by atoms with van der Waals surface area (Å²) >= 11 is 0. The lowest BCUT2D eigenvalue weighted by atomic mass is 10.1. The molecule has 0 unspecified atom stereocenters. The molecule has 0 saturated heterocycles. The lowest BCUT2D eigenvalue weighted by Crippen LogP contribution is -2.29. The Morgan fingerprint density at radius 1 is 1.11 bits per heavy atom. The summed E-state index contributed by atoms with van der Waals surface area (Å²) in [4.78, 5) is 14.4. The van der Waals surface area contributed by atoms with Crippen molar-refractivity contribution in [1.82, 2.24) is 0 Å². The molecular weight excluding hydrogens is 236 g/mol. The second-order valence-corrected chi connectivity index (χ2v) is 4.74. The third kappa shape index (κ3) is 1.87. The zero-order valence-corrected chi connectivity index (χ0v) is 11.1. The summed E-state index contributed by atoms with van der Waals surface area (Å²) in [5.41, 5.74) is 4.69. The summed E-state index contributed by atoms with van der Waals surface area (Å²) in [6.07, 6.45) is 0. The minimum absolute atomic E-state index is 0.0493. The smallest absolute Gasteiger partial charge is 0.260 e. The predicted molar refractivity (Wildman–Crippen MR) is 78.3 cm³/mol. The first-order chi connectivity index (χ1) is 9.20. The molecule has 0 fully saturated rings. The van der Waals surface area contributed by atoms with E-state index < -0.39 is 0 Å². The topological polar surface area (TPSA) is 32.3 Å². The Labute approximate surface area is 112 Å². The fraction of sp³-hybridized carbons (Fsp3) is 0.188. The van der Waals surface area contributed by atoms with E-state index >= 15 is 0 Å². The van der Waals surface area contributed by atoms with Crippen molar-refractivity contribution in [2.24, 2.45) is 0 Å². The van der Waals surface area contributed by atoms with Gasteiger partial charge in [0, 0.05) is 6.54 Å². The number of hydrogen-bond donors (Lipinski definition) is 1. The van der Waals surface area contributed by atoms with Crippen LogP contribution in [-0.4, -0.2) is 12.5 Å². The van der Waals surface area contributed by atoms with Crippen LogP contribution in [0.5, 0.6) is 0 Å². The van der Waals surface area contributed by atoms with Crippen molar-refractivity contribution in [2.45, 2.75) is 13.8 Å². The van der Waals surface area contributed by atoms with E-state index in [0.717, 1.165) is 22.6 Å². The summed E-state index contributed by atoms with van der Waals surface area (Å²) < 4.78 is 0. The van der Waals surface area contributed by atoms with Crippen LogP contribution in [0.2, 0.25) is 0 Å². The molecule has 0 saturated carbocycles. The zero-order valence-electron chi connectivity index (χ0n) is 11.1. The highest BCUT2D eigenvalue weighted by molar-refractivity contribution is 6.13. The fourth-order valence-electron chi connectivity index (χ4n) is 2.48. The Morgan fingerprint density at radius 3 is 2.68 bits per heavy atom. The van der Waals surface area contributed by atoms with Gasteiger partial charge in [-0.3, -0.25) is 4.79 Å². The molecule has 2 aromatic rings. The highest BCUT2D eigenvalue weighted by Gasteiger charge is 2.24. The van der Waals surface area contributed by atoms with Gasteiger partial charge in [0.1, 0.15) is 0 Å². The number of para-hydroxylation sites is 1. The maximum atomic E-state index is 12.6. The van der Waals surface area contributed by atoms with Gasteiger partial charge in [0.2, 0.25) is 0 Å². The van der Waals surface area contributed by atoms with Gasteiger partial charge in [0.15, 0.2) is 0 Å². The maximum Gasteiger partial charge on any atom is 0.260 e. The standard InChI is InChI=1S/C16H16N2O/c1-3-18-15-9-8-11(2)10-14(15)17-13-7-5-4-6-12(13)16(18)19/h4-10,17H,3H2,1-2H3. The number of hydrogen-bond acceptors (Lipinski definition) is 2. The van der Waals surface area contributed by atoms with Gasteiger partial charge >= 0.3 is 0 Å². The molecule has 3 nitrogen and oxygen atoms in total. The molecule has 0 aliphatic carbocycles. The van der Waals surface area contributed by atoms with Crippen molar-refractivity contribution in [2.75, 3.05) is 16.8 Å². The molecule has 96 valence electrons. The van der Waals surface area contributed by atoms with Crippen molar-refractivity contribution in [3.63, 3.8) is 0 Å². The van der Waals surface area contributed by atoms with Crippen LogP contribution in [0, 0.1) is 6.92 Å². The van der Waals surface area contributed by atoms with Crippen LogP contribution in [0.3, 0.4) is 0 Å². The van der Waals surface area contributed by atoms with Gasteiger partial charge in [-0.05, 0) is 43.7 Å². The van der Waals surface area contributed by atoms with E-state index in [1.54, 1.807) is 0 Å². The van der Waals surface area contributed by atoms with Gasteiger partial charge in [-0.1, -0.05) is 18.2 Å². The predicted octanol–water partition coefficient (Wildman–Crippen LogP) is 3.72. The van der Waals surface area contributed by atoms with Crippen LogP contribution < -0.4 is 10.2 Å². The third-order valence-electron chi connectivity index (χ3n) is 3.43. The van der Waals surface area contributed by atoms with E-state index in [4.69, 9.17) is 0 Å². The quantitative estimate of drug-likeness (QED) is 0.839. The second-order valence-electron chi connectivity index (χ2n) is 4.74. The number of nitrogens with one attached hydrogen (secondary N) is 1. The van der Waals surface area contributed by atoms with Gasteiger partial charge in [-0.2, -0.15) is 0 Å². The first-order valence-electron chi connectivity index (χ1n) is 6.49. The Hall–Kier alpha value is -2.29. The van der Waals surface area contributed by atoms with E-state index in [1.807, 2.05) is 48.2 Å². The van der Waals surface area contributed by atoms with E-state index in [1.165, 1.54) is 5.56 Å². The average Bonchev–Trinajstić information content (AvgIpc) is 2.53. The van der Waals surface area contributed by atoms with Crippen molar-refractivity contribution in [3.8, 4) is 0 Å². The number of nitrogens with zero attached hydrogens (tertiary/aromatic N) is 1. The van der Waals surface area contributed by atoms with Crippen LogP contribution in [0.25, 0.3) is 0 Å². The fourth-order valence-corrected chi connectivity index (χ4v) is 2.48. The molecule has 19 heavy (non-hydrogen) atoms. The highest BCUT2D eigenvalue weighted by atomic mass is 16.2. The number of carbonyl (C=O) groups excluding carboxylic acids is 1. The van der Waals surface area contributed by atoms with E-state index in [-0.39, 0.29) is 5.91 Å². The summed E-state index contributed by atoms with van der Waals surface area (Å²) in [5.74, 6) is 0.0493. The zero-order chi connectivity index (χ0) is 13.4. The van der Waals surface area contributed by atoms with Crippen LogP contribution in [0.1, 0.15) is 22.8 Å². The van der Waals surface area contributed by atoms with E-state index in [2.05, 4.69) is 18.3 Å².